The molecular weight excluding hydrogens is 308 g/mol. The van der Waals surface area contributed by atoms with Gasteiger partial charge in [-0.05, 0) is 31.9 Å². The second-order valence-electron chi connectivity index (χ2n) is 5.20. The highest BCUT2D eigenvalue weighted by atomic mass is 32.2. The Hall–Kier alpha value is -1.93. The molecule has 1 aromatic rings. The van der Waals surface area contributed by atoms with Gasteiger partial charge in [0.2, 0.25) is 15.9 Å². The molecule has 1 N–H and O–H groups in total. The molecule has 0 aliphatic carbocycles. The van der Waals surface area contributed by atoms with Crippen LogP contribution in [0.2, 0.25) is 0 Å². The van der Waals surface area contributed by atoms with Gasteiger partial charge in [-0.15, -0.1) is 0 Å². The van der Waals surface area contributed by atoms with E-state index in [4.69, 9.17) is 0 Å². The first-order valence-corrected chi connectivity index (χ1v) is 8.36. The summed E-state index contributed by atoms with van der Waals surface area (Å²) in [6, 6.07) is 5.23. The van der Waals surface area contributed by atoms with Crippen LogP contribution in [0.15, 0.2) is 29.2 Å². The van der Waals surface area contributed by atoms with Crippen molar-refractivity contribution in [2.75, 3.05) is 13.1 Å². The van der Waals surface area contributed by atoms with Gasteiger partial charge >= 0.3 is 0 Å². The summed E-state index contributed by atoms with van der Waals surface area (Å²) in [6.45, 7) is 1.66. The molecule has 0 bridgehead atoms. The molecule has 1 amide bonds. The number of carbonyl (C=O) groups excluding carboxylic acids is 2. The summed E-state index contributed by atoms with van der Waals surface area (Å²) in [5.74, 6) is -1.88. The Kier molecular flexibility index (Phi) is 4.82. The lowest BCUT2D eigenvalue weighted by molar-refractivity contribution is -0.310. The van der Waals surface area contributed by atoms with E-state index in [9.17, 15) is 23.1 Å². The summed E-state index contributed by atoms with van der Waals surface area (Å²) in [5.41, 5.74) is 0.920. The molecular formula is C14H17N2O5S-. The first kappa shape index (κ1) is 16.4. The van der Waals surface area contributed by atoms with E-state index in [1.165, 1.54) is 12.1 Å². The minimum absolute atomic E-state index is 0.0590. The van der Waals surface area contributed by atoms with Crippen LogP contribution in [0.4, 0.5) is 0 Å². The fourth-order valence-corrected chi connectivity index (χ4v) is 3.34. The number of aryl methyl sites for hydroxylation is 1. The lowest BCUT2D eigenvalue weighted by Crippen LogP contribution is -2.49. The van der Waals surface area contributed by atoms with Crippen LogP contribution in [0.25, 0.3) is 0 Å². The minimum atomic E-state index is -3.80. The number of sulfonamides is 1. The molecule has 1 aliphatic rings. The number of aliphatic carboxylic acids is 1. The van der Waals surface area contributed by atoms with Crippen molar-refractivity contribution in [2.24, 2.45) is 0 Å². The lowest BCUT2D eigenvalue weighted by atomic mass is 10.2. The smallest absolute Gasteiger partial charge is 0.241 e. The molecule has 22 heavy (non-hydrogen) atoms. The maximum absolute atomic E-state index is 12.1. The van der Waals surface area contributed by atoms with Crippen molar-refractivity contribution in [2.45, 2.75) is 30.7 Å². The molecule has 0 radical (unpaired) electrons. The third-order valence-electron chi connectivity index (χ3n) is 3.59. The van der Waals surface area contributed by atoms with Crippen LogP contribution in [-0.2, 0) is 19.6 Å². The summed E-state index contributed by atoms with van der Waals surface area (Å²) in [7, 11) is -3.80. The van der Waals surface area contributed by atoms with Crippen LogP contribution < -0.4 is 9.83 Å². The van der Waals surface area contributed by atoms with Crippen LogP contribution in [0, 0.1) is 6.92 Å². The van der Waals surface area contributed by atoms with E-state index >= 15 is 0 Å². The van der Waals surface area contributed by atoms with Gasteiger partial charge in [0, 0.05) is 6.54 Å². The van der Waals surface area contributed by atoms with Crippen molar-refractivity contribution < 1.29 is 23.1 Å². The normalized spacial score (nSPS) is 18.4. The summed E-state index contributed by atoms with van der Waals surface area (Å²) in [5, 5.41) is 10.9. The monoisotopic (exact) mass is 325 g/mol. The highest BCUT2D eigenvalue weighted by molar-refractivity contribution is 7.89. The summed E-state index contributed by atoms with van der Waals surface area (Å²) < 4.78 is 26.3. The van der Waals surface area contributed by atoms with Crippen LogP contribution in [0.1, 0.15) is 18.4 Å². The molecule has 8 heteroatoms. The van der Waals surface area contributed by atoms with Gasteiger partial charge in [-0.3, -0.25) is 4.79 Å². The number of carboxylic acid groups (broad SMARTS) is 1. The van der Waals surface area contributed by atoms with Crippen molar-refractivity contribution in [1.29, 1.82) is 0 Å². The number of amides is 1. The molecule has 0 unspecified atom stereocenters. The van der Waals surface area contributed by atoms with Crippen molar-refractivity contribution >= 4 is 21.9 Å². The second kappa shape index (κ2) is 6.45. The zero-order chi connectivity index (χ0) is 16.3. The van der Waals surface area contributed by atoms with Crippen molar-refractivity contribution in [3.63, 3.8) is 0 Å². The standard InChI is InChI=1S/C14H18N2O5S/c1-10-4-6-11(7-5-10)22(20,21)15-9-13(17)16-8-2-3-12(16)14(18)19/h4-7,12,15H,2-3,8-9H2,1H3,(H,18,19)/p-1/t12-/m0/s1. The molecule has 0 spiro atoms. The first-order chi connectivity index (χ1) is 10.3. The van der Waals surface area contributed by atoms with Crippen LogP contribution in [0.3, 0.4) is 0 Å². The summed E-state index contributed by atoms with van der Waals surface area (Å²) in [4.78, 5) is 24.1. The Morgan fingerprint density at radius 3 is 2.55 bits per heavy atom. The minimum Gasteiger partial charge on any atom is -0.548 e. The van der Waals surface area contributed by atoms with Gasteiger partial charge < -0.3 is 14.8 Å². The third kappa shape index (κ3) is 3.63. The number of rotatable bonds is 5. The number of benzene rings is 1. The van der Waals surface area contributed by atoms with Crippen LogP contribution in [0.5, 0.6) is 0 Å². The Morgan fingerprint density at radius 2 is 1.95 bits per heavy atom. The fourth-order valence-electron chi connectivity index (χ4n) is 2.37. The van der Waals surface area contributed by atoms with E-state index in [2.05, 4.69) is 4.72 Å². The average molecular weight is 325 g/mol. The molecule has 120 valence electrons. The predicted octanol–water partition coefficient (Wildman–Crippen LogP) is -0.986. The number of carboxylic acids is 1. The van der Waals surface area contributed by atoms with Crippen LogP contribution in [-0.4, -0.2) is 44.3 Å². The molecule has 1 saturated heterocycles. The maximum atomic E-state index is 12.1. The SMILES string of the molecule is Cc1ccc(S(=O)(=O)NCC(=O)N2CCC[C@H]2C(=O)[O-])cc1. The van der Waals surface area contributed by atoms with Gasteiger partial charge in [0.15, 0.2) is 0 Å². The van der Waals surface area contributed by atoms with E-state index in [-0.39, 0.29) is 4.90 Å². The molecule has 1 aromatic carbocycles. The number of hydrogen-bond acceptors (Lipinski definition) is 5. The number of likely N-dealkylation sites (tertiary alicyclic amines) is 1. The molecule has 0 saturated carbocycles. The molecule has 1 fully saturated rings. The molecule has 1 heterocycles. The predicted molar refractivity (Wildman–Crippen MR) is 76.1 cm³/mol. The zero-order valence-corrected chi connectivity index (χ0v) is 12.9. The van der Waals surface area contributed by atoms with E-state index in [1.807, 2.05) is 6.92 Å². The molecule has 0 aromatic heterocycles. The number of nitrogens with one attached hydrogen (secondary N) is 1. The first-order valence-electron chi connectivity index (χ1n) is 6.88. The molecule has 1 atom stereocenters. The highest BCUT2D eigenvalue weighted by Gasteiger charge is 2.30. The number of hydrogen-bond donors (Lipinski definition) is 1. The Bertz CT molecular complexity index is 669. The third-order valence-corrected chi connectivity index (χ3v) is 5.01. The van der Waals surface area contributed by atoms with Gasteiger partial charge in [-0.1, -0.05) is 17.7 Å². The van der Waals surface area contributed by atoms with Crippen LogP contribution >= 0.6 is 0 Å². The van der Waals surface area contributed by atoms with E-state index in [0.717, 1.165) is 10.5 Å². The topological polar surface area (TPSA) is 107 Å². The second-order valence-corrected chi connectivity index (χ2v) is 6.97. The van der Waals surface area contributed by atoms with E-state index in [1.54, 1.807) is 12.1 Å². The van der Waals surface area contributed by atoms with E-state index < -0.39 is 34.5 Å². The quantitative estimate of drug-likeness (QED) is 0.748. The van der Waals surface area contributed by atoms with Gasteiger partial charge in [0.05, 0.1) is 23.5 Å². The number of carbonyl (C=O) groups is 2. The largest absolute Gasteiger partial charge is 0.548 e. The number of nitrogens with zero attached hydrogens (tertiary/aromatic N) is 1. The Morgan fingerprint density at radius 1 is 1.32 bits per heavy atom. The van der Waals surface area contributed by atoms with E-state index in [0.29, 0.717) is 19.4 Å². The summed E-state index contributed by atoms with van der Waals surface area (Å²) in [6.07, 6.45) is 0.897. The molecule has 1 aliphatic heterocycles. The van der Waals surface area contributed by atoms with Gasteiger partial charge in [0.25, 0.3) is 0 Å². The maximum Gasteiger partial charge on any atom is 0.241 e. The fraction of sp³-hybridized carbons (Fsp3) is 0.429. The average Bonchev–Trinajstić information content (AvgIpc) is 2.95. The van der Waals surface area contributed by atoms with Crippen molar-refractivity contribution in [3.8, 4) is 0 Å². The van der Waals surface area contributed by atoms with Gasteiger partial charge in [-0.2, -0.15) is 0 Å². The molecule has 7 nitrogen and oxygen atoms in total. The Balaban J connectivity index is 2.01. The van der Waals surface area contributed by atoms with Gasteiger partial charge in [-0.25, -0.2) is 13.1 Å². The zero-order valence-electron chi connectivity index (χ0n) is 12.1. The van der Waals surface area contributed by atoms with Crippen molar-refractivity contribution in [1.82, 2.24) is 9.62 Å². The summed E-state index contributed by atoms with van der Waals surface area (Å²) >= 11 is 0. The molecule has 2 rings (SSSR count). The van der Waals surface area contributed by atoms with Crippen molar-refractivity contribution in [3.05, 3.63) is 29.8 Å². The van der Waals surface area contributed by atoms with Gasteiger partial charge in [0.1, 0.15) is 0 Å². The Labute approximate surface area is 129 Å². The lowest BCUT2D eigenvalue weighted by Gasteiger charge is -2.25. The highest BCUT2D eigenvalue weighted by Crippen LogP contribution is 2.17.